The number of benzene rings is 3. The van der Waals surface area contributed by atoms with Gasteiger partial charge in [0, 0.05) is 11.4 Å². The maximum Gasteiger partial charge on any atom is 0.264 e. The van der Waals surface area contributed by atoms with Crippen LogP contribution < -0.4 is 14.4 Å². The number of carbonyl (C=O) groups excluding carboxylic acids is 1. The van der Waals surface area contributed by atoms with Crippen LogP contribution in [0, 0.1) is 0 Å². The van der Waals surface area contributed by atoms with Crippen molar-refractivity contribution in [2.75, 3.05) is 30.3 Å². The minimum Gasteiger partial charge on any atom is -0.497 e. The molecule has 0 bridgehead atoms. The number of carbonyl (C=O) groups is 1. The summed E-state index contributed by atoms with van der Waals surface area (Å²) < 4.78 is 32.8. The average molecular weight is 471 g/mol. The lowest BCUT2D eigenvalue weighted by Gasteiger charge is -2.24. The summed E-state index contributed by atoms with van der Waals surface area (Å²) >= 11 is 1.72. The van der Waals surface area contributed by atoms with E-state index in [9.17, 15) is 13.2 Å². The third kappa shape index (κ3) is 6.51. The van der Waals surface area contributed by atoms with Crippen molar-refractivity contribution in [2.45, 2.75) is 16.2 Å². The quantitative estimate of drug-likeness (QED) is 0.336. The van der Waals surface area contributed by atoms with Gasteiger partial charge in [0.05, 0.1) is 17.7 Å². The second-order valence-electron chi connectivity index (χ2n) is 6.89. The fourth-order valence-electron chi connectivity index (χ4n) is 2.98. The predicted molar refractivity (Wildman–Crippen MR) is 129 cm³/mol. The molecular formula is C24H26N2O4S2. The minimum atomic E-state index is -3.93. The van der Waals surface area contributed by atoms with Crippen molar-refractivity contribution in [3.8, 4) is 5.75 Å². The van der Waals surface area contributed by atoms with E-state index in [-0.39, 0.29) is 17.3 Å². The molecule has 0 aliphatic heterocycles. The zero-order valence-corrected chi connectivity index (χ0v) is 19.4. The zero-order chi connectivity index (χ0) is 22.8. The molecule has 3 aromatic rings. The van der Waals surface area contributed by atoms with E-state index in [4.69, 9.17) is 4.74 Å². The van der Waals surface area contributed by atoms with Gasteiger partial charge in [0.1, 0.15) is 12.3 Å². The molecule has 0 aromatic heterocycles. The number of rotatable bonds is 11. The van der Waals surface area contributed by atoms with Crippen LogP contribution in [0.3, 0.4) is 0 Å². The first kappa shape index (κ1) is 23.7. The Morgan fingerprint density at radius 2 is 1.56 bits per heavy atom. The molecule has 32 heavy (non-hydrogen) atoms. The Bertz CT molecular complexity index is 1090. The third-order valence-corrected chi connectivity index (χ3v) is 7.52. The Balaban J connectivity index is 1.63. The normalized spacial score (nSPS) is 11.0. The number of hydrogen-bond acceptors (Lipinski definition) is 5. The third-order valence-electron chi connectivity index (χ3n) is 4.63. The Morgan fingerprint density at radius 1 is 0.938 bits per heavy atom. The predicted octanol–water partition coefficient (Wildman–Crippen LogP) is 4.19. The molecule has 0 heterocycles. The van der Waals surface area contributed by atoms with Crippen LogP contribution in [0.4, 0.5) is 5.69 Å². The van der Waals surface area contributed by atoms with Gasteiger partial charge in [-0.3, -0.25) is 9.10 Å². The SMILES string of the molecule is COc1ccc(S(=O)(=O)N(CC(=O)NCCCSc2ccccc2)c2ccccc2)cc1. The molecule has 1 amide bonds. The van der Waals surface area contributed by atoms with Gasteiger partial charge in [-0.25, -0.2) is 8.42 Å². The second-order valence-corrected chi connectivity index (χ2v) is 9.92. The van der Waals surface area contributed by atoms with E-state index in [1.165, 1.54) is 24.1 Å². The molecule has 3 rings (SSSR count). The van der Waals surface area contributed by atoms with Crippen LogP contribution in [0.2, 0.25) is 0 Å². The van der Waals surface area contributed by atoms with Crippen molar-refractivity contribution < 1.29 is 17.9 Å². The van der Waals surface area contributed by atoms with E-state index < -0.39 is 10.0 Å². The monoisotopic (exact) mass is 470 g/mol. The molecule has 0 aliphatic carbocycles. The van der Waals surface area contributed by atoms with E-state index in [0.717, 1.165) is 16.5 Å². The van der Waals surface area contributed by atoms with E-state index in [1.807, 2.05) is 30.3 Å². The van der Waals surface area contributed by atoms with E-state index in [1.54, 1.807) is 54.2 Å². The maximum atomic E-state index is 13.3. The first-order valence-corrected chi connectivity index (χ1v) is 12.6. The number of methoxy groups -OCH3 is 1. The van der Waals surface area contributed by atoms with Gasteiger partial charge in [0.2, 0.25) is 5.91 Å². The number of sulfonamides is 1. The van der Waals surface area contributed by atoms with Gasteiger partial charge in [0.15, 0.2) is 0 Å². The highest BCUT2D eigenvalue weighted by Gasteiger charge is 2.27. The van der Waals surface area contributed by atoms with Crippen molar-refractivity contribution >= 4 is 33.4 Å². The molecule has 0 aliphatic rings. The molecule has 0 spiro atoms. The summed E-state index contributed by atoms with van der Waals surface area (Å²) in [4.78, 5) is 13.9. The number of nitrogens with one attached hydrogen (secondary N) is 1. The largest absolute Gasteiger partial charge is 0.497 e. The molecule has 168 valence electrons. The molecular weight excluding hydrogens is 444 g/mol. The Hall–Kier alpha value is -2.97. The van der Waals surface area contributed by atoms with Crippen LogP contribution in [0.1, 0.15) is 6.42 Å². The van der Waals surface area contributed by atoms with Crippen LogP contribution in [-0.4, -0.2) is 40.3 Å². The first-order valence-electron chi connectivity index (χ1n) is 10.2. The highest BCUT2D eigenvalue weighted by Crippen LogP contribution is 2.25. The molecule has 0 saturated carbocycles. The highest BCUT2D eigenvalue weighted by atomic mass is 32.2. The topological polar surface area (TPSA) is 75.7 Å². The van der Waals surface area contributed by atoms with Crippen LogP contribution >= 0.6 is 11.8 Å². The van der Waals surface area contributed by atoms with Crippen molar-refractivity contribution in [1.82, 2.24) is 5.32 Å². The smallest absolute Gasteiger partial charge is 0.264 e. The lowest BCUT2D eigenvalue weighted by molar-refractivity contribution is -0.119. The minimum absolute atomic E-state index is 0.0919. The Morgan fingerprint density at radius 3 is 2.19 bits per heavy atom. The van der Waals surface area contributed by atoms with Gasteiger partial charge < -0.3 is 10.1 Å². The van der Waals surface area contributed by atoms with E-state index >= 15 is 0 Å². The average Bonchev–Trinajstić information content (AvgIpc) is 2.83. The van der Waals surface area contributed by atoms with Crippen LogP contribution in [-0.2, 0) is 14.8 Å². The summed E-state index contributed by atoms with van der Waals surface area (Å²) in [6, 6.07) is 24.8. The van der Waals surface area contributed by atoms with Crippen LogP contribution in [0.25, 0.3) is 0 Å². The highest BCUT2D eigenvalue weighted by molar-refractivity contribution is 7.99. The number of thioether (sulfide) groups is 1. The van der Waals surface area contributed by atoms with Gasteiger partial charge in [-0.05, 0) is 60.7 Å². The molecule has 0 fully saturated rings. The van der Waals surface area contributed by atoms with Crippen molar-refractivity contribution in [2.24, 2.45) is 0 Å². The van der Waals surface area contributed by atoms with Gasteiger partial charge in [-0.1, -0.05) is 36.4 Å². The molecule has 0 radical (unpaired) electrons. The molecule has 3 aromatic carbocycles. The number of nitrogens with zero attached hydrogens (tertiary/aromatic N) is 1. The van der Waals surface area contributed by atoms with Crippen molar-refractivity contribution in [3.05, 3.63) is 84.9 Å². The van der Waals surface area contributed by atoms with Crippen molar-refractivity contribution in [1.29, 1.82) is 0 Å². The molecule has 0 saturated heterocycles. The second kappa shape index (κ2) is 11.6. The molecule has 8 heteroatoms. The summed E-state index contributed by atoms with van der Waals surface area (Å²) in [5, 5.41) is 2.83. The number of para-hydroxylation sites is 1. The number of amides is 1. The lowest BCUT2D eigenvalue weighted by atomic mass is 10.3. The molecule has 0 atom stereocenters. The number of ether oxygens (including phenoxy) is 1. The van der Waals surface area contributed by atoms with Crippen LogP contribution in [0.5, 0.6) is 5.75 Å². The Labute approximate surface area is 193 Å². The van der Waals surface area contributed by atoms with Gasteiger partial charge in [-0.15, -0.1) is 11.8 Å². The van der Waals surface area contributed by atoms with Gasteiger partial charge >= 0.3 is 0 Å². The van der Waals surface area contributed by atoms with E-state index in [2.05, 4.69) is 5.32 Å². The summed E-state index contributed by atoms with van der Waals surface area (Å²) in [5.74, 6) is 1.06. The van der Waals surface area contributed by atoms with E-state index in [0.29, 0.717) is 18.0 Å². The van der Waals surface area contributed by atoms with Crippen LogP contribution in [0.15, 0.2) is 94.7 Å². The fourth-order valence-corrected chi connectivity index (χ4v) is 5.27. The lowest BCUT2D eigenvalue weighted by Crippen LogP contribution is -2.41. The molecule has 0 unspecified atom stereocenters. The number of hydrogen-bond donors (Lipinski definition) is 1. The summed E-state index contributed by atoms with van der Waals surface area (Å²) in [6.45, 7) is 0.175. The molecule has 6 nitrogen and oxygen atoms in total. The van der Waals surface area contributed by atoms with Gasteiger partial charge in [-0.2, -0.15) is 0 Å². The Kier molecular flexibility index (Phi) is 8.58. The summed E-state index contributed by atoms with van der Waals surface area (Å²) in [7, 11) is -2.42. The first-order chi connectivity index (χ1) is 15.5. The molecule has 1 N–H and O–H groups in total. The van der Waals surface area contributed by atoms with Gasteiger partial charge in [0.25, 0.3) is 10.0 Å². The van der Waals surface area contributed by atoms with Crippen molar-refractivity contribution in [3.63, 3.8) is 0 Å². The zero-order valence-electron chi connectivity index (χ0n) is 17.8. The number of anilines is 1. The summed E-state index contributed by atoms with van der Waals surface area (Å²) in [5.41, 5.74) is 0.429. The summed E-state index contributed by atoms with van der Waals surface area (Å²) in [6.07, 6.45) is 0.780. The standard InChI is InChI=1S/C24H26N2O4S2/c1-30-21-13-15-23(16-14-21)32(28,29)26(20-9-4-2-5-10-20)19-24(27)25-17-8-18-31-22-11-6-3-7-12-22/h2-7,9-16H,8,17-19H2,1H3,(H,25,27). The maximum absolute atomic E-state index is 13.3. The fraction of sp³-hybridized carbons (Fsp3) is 0.208.